The molecule has 232 valence electrons. The predicted molar refractivity (Wildman–Crippen MR) is 158 cm³/mol. The normalized spacial score (nSPS) is 48.3. The van der Waals surface area contributed by atoms with Crippen molar-refractivity contribution in [2.24, 2.45) is 17.8 Å². The van der Waals surface area contributed by atoms with E-state index in [1.54, 1.807) is 13.0 Å². The predicted octanol–water partition coefficient (Wildman–Crippen LogP) is 4.45. The average molecular weight is 585 g/mol. The Bertz CT molecular complexity index is 1200. The van der Waals surface area contributed by atoms with Crippen LogP contribution in [0.1, 0.15) is 73.6 Å². The van der Waals surface area contributed by atoms with Gasteiger partial charge in [-0.3, -0.25) is 4.79 Å². The molecule has 0 aromatic heterocycles. The summed E-state index contributed by atoms with van der Waals surface area (Å²) in [6.45, 7) is 12.0. The van der Waals surface area contributed by atoms with Gasteiger partial charge in [-0.25, -0.2) is 0 Å². The Morgan fingerprint density at radius 1 is 1.12 bits per heavy atom. The van der Waals surface area contributed by atoms with Crippen molar-refractivity contribution in [3.05, 3.63) is 58.7 Å². The molecule has 4 aliphatic heterocycles. The SMILES string of the molecule is C/C=C(/C)[C@H]1O[C@@]2(C[C@@H]3C[C@@H](C/C=C(/C)C[C@@H](C)/C=C\C=C4\CO[C@@H]5[C@H](O)C(C)=C[C@@H](C(=O)O3)[C@]45O)O2)C[C@H](O)[C@@H]1C. The third kappa shape index (κ3) is 5.86. The first-order valence-corrected chi connectivity index (χ1v) is 15.5. The van der Waals surface area contributed by atoms with E-state index in [0.29, 0.717) is 24.0 Å². The molecule has 3 fully saturated rings. The molecule has 0 unspecified atom stereocenters. The summed E-state index contributed by atoms with van der Waals surface area (Å²) >= 11 is 0. The van der Waals surface area contributed by atoms with Crippen molar-refractivity contribution >= 4 is 5.97 Å². The maximum absolute atomic E-state index is 14.0. The van der Waals surface area contributed by atoms with Crippen molar-refractivity contribution < 1.29 is 39.1 Å². The summed E-state index contributed by atoms with van der Waals surface area (Å²) in [4.78, 5) is 14.0. The second-order valence-corrected chi connectivity index (χ2v) is 13.3. The number of aliphatic hydroxyl groups is 3. The van der Waals surface area contributed by atoms with Crippen LogP contribution in [0.3, 0.4) is 0 Å². The number of hydrogen-bond donors (Lipinski definition) is 3. The minimum absolute atomic E-state index is 0.110. The Hall–Kier alpha value is -2.07. The topological polar surface area (TPSA) is 115 Å². The molecule has 0 saturated carbocycles. The van der Waals surface area contributed by atoms with E-state index in [1.165, 1.54) is 5.57 Å². The summed E-state index contributed by atoms with van der Waals surface area (Å²) in [7, 11) is 0. The Balaban J connectivity index is 1.53. The lowest BCUT2D eigenvalue weighted by atomic mass is 9.71. The van der Waals surface area contributed by atoms with Gasteiger partial charge in [0.2, 0.25) is 0 Å². The molecule has 42 heavy (non-hydrogen) atoms. The highest BCUT2D eigenvalue weighted by Gasteiger charge is 2.60. The minimum atomic E-state index is -1.74. The first-order chi connectivity index (χ1) is 19.9. The maximum atomic E-state index is 14.0. The first kappa shape index (κ1) is 31.4. The van der Waals surface area contributed by atoms with Crippen molar-refractivity contribution in [3.63, 3.8) is 0 Å². The monoisotopic (exact) mass is 584 g/mol. The van der Waals surface area contributed by atoms with Gasteiger partial charge in [0.15, 0.2) is 5.79 Å². The summed E-state index contributed by atoms with van der Waals surface area (Å²) in [5.41, 5.74) is 1.61. The Morgan fingerprint density at radius 2 is 1.88 bits per heavy atom. The summed E-state index contributed by atoms with van der Waals surface area (Å²) < 4.78 is 25.5. The van der Waals surface area contributed by atoms with Gasteiger partial charge < -0.3 is 34.3 Å². The molecule has 8 heteroatoms. The van der Waals surface area contributed by atoms with Gasteiger partial charge in [0.25, 0.3) is 0 Å². The molecule has 11 atom stereocenters. The summed E-state index contributed by atoms with van der Waals surface area (Å²) in [5.74, 6) is -2.61. The molecule has 4 heterocycles. The minimum Gasteiger partial charge on any atom is -0.462 e. The highest BCUT2D eigenvalue weighted by molar-refractivity contribution is 5.78. The summed E-state index contributed by atoms with van der Waals surface area (Å²) in [5, 5.41) is 34.1. The standard InChI is InChI=1S/C34H48O8/c1-7-21(4)30-23(6)28(35)17-33(42-30)16-26-15-25(41-33)12-11-20(3)13-19(2)9-8-10-24-18-39-31-29(36)22(5)14-27(32(37)40-26)34(24,31)38/h7-11,14,19,23,25-31,35-36,38H,12-13,15-18H2,1-6H3/b9-8-,20-11-,21-7-,24-10-/t19-,23-,25+,26-,27-,28-,29+,30+,31+,33-,34+/m0/s1. The van der Waals surface area contributed by atoms with Crippen LogP contribution in [0.15, 0.2) is 58.7 Å². The van der Waals surface area contributed by atoms with Crippen LogP contribution in [0.25, 0.3) is 0 Å². The number of fused-ring (bicyclic) bond motifs is 2. The summed E-state index contributed by atoms with van der Waals surface area (Å²) in [6, 6.07) is 0. The van der Waals surface area contributed by atoms with Crippen LogP contribution < -0.4 is 0 Å². The number of carbonyl (C=O) groups is 1. The lowest BCUT2D eigenvalue weighted by molar-refractivity contribution is -0.342. The van der Waals surface area contributed by atoms with Crippen LogP contribution in [-0.2, 0) is 23.7 Å². The fourth-order valence-electron chi connectivity index (χ4n) is 7.39. The smallest absolute Gasteiger partial charge is 0.316 e. The number of hydrogen-bond acceptors (Lipinski definition) is 8. The van der Waals surface area contributed by atoms with Crippen LogP contribution >= 0.6 is 0 Å². The van der Waals surface area contributed by atoms with E-state index in [2.05, 4.69) is 26.0 Å². The van der Waals surface area contributed by atoms with E-state index in [-0.39, 0.29) is 43.5 Å². The highest BCUT2D eigenvalue weighted by atomic mass is 16.7. The zero-order valence-corrected chi connectivity index (χ0v) is 25.8. The molecule has 5 aliphatic rings. The van der Waals surface area contributed by atoms with Gasteiger partial charge in [-0.1, -0.05) is 55.9 Å². The number of rotatable bonds is 1. The van der Waals surface area contributed by atoms with Gasteiger partial charge >= 0.3 is 5.97 Å². The van der Waals surface area contributed by atoms with Crippen molar-refractivity contribution in [1.29, 1.82) is 0 Å². The molecule has 3 N–H and O–H groups in total. The molecule has 2 bridgehead atoms. The zero-order chi connectivity index (χ0) is 30.4. The van der Waals surface area contributed by atoms with Gasteiger partial charge in [-0.2, -0.15) is 0 Å². The van der Waals surface area contributed by atoms with Crippen LogP contribution in [0.4, 0.5) is 0 Å². The molecule has 0 aromatic rings. The van der Waals surface area contributed by atoms with E-state index < -0.39 is 47.7 Å². The lowest BCUT2D eigenvalue weighted by Crippen LogP contribution is -2.59. The average Bonchev–Trinajstić information content (AvgIpc) is 3.27. The summed E-state index contributed by atoms with van der Waals surface area (Å²) in [6.07, 6.45) is 10.3. The molecule has 1 aliphatic carbocycles. The van der Waals surface area contributed by atoms with Crippen LogP contribution in [0, 0.1) is 17.8 Å². The fourth-order valence-corrected chi connectivity index (χ4v) is 7.39. The van der Waals surface area contributed by atoms with Crippen molar-refractivity contribution in [3.8, 4) is 0 Å². The number of ether oxygens (including phenoxy) is 4. The molecule has 8 nitrogen and oxygen atoms in total. The first-order valence-electron chi connectivity index (χ1n) is 15.5. The molecular formula is C34H48O8. The van der Waals surface area contributed by atoms with Crippen LogP contribution in [0.5, 0.6) is 0 Å². The molecule has 0 amide bonds. The largest absolute Gasteiger partial charge is 0.462 e. The Labute approximate surface area is 249 Å². The third-order valence-electron chi connectivity index (χ3n) is 9.97. The second kappa shape index (κ2) is 12.1. The number of carbonyl (C=O) groups excluding carboxylic acids is 1. The van der Waals surface area contributed by atoms with Crippen molar-refractivity contribution in [2.45, 2.75) is 122 Å². The van der Waals surface area contributed by atoms with Gasteiger partial charge in [-0.15, -0.1) is 0 Å². The Kier molecular flexibility index (Phi) is 9.06. The molecular weight excluding hydrogens is 536 g/mol. The molecule has 1 spiro atoms. The number of aliphatic hydroxyl groups excluding tert-OH is 2. The fraction of sp³-hybridized carbons (Fsp3) is 0.676. The second-order valence-electron chi connectivity index (χ2n) is 13.3. The van der Waals surface area contributed by atoms with Crippen LogP contribution in [0.2, 0.25) is 0 Å². The van der Waals surface area contributed by atoms with Gasteiger partial charge in [0, 0.05) is 25.2 Å². The van der Waals surface area contributed by atoms with E-state index in [0.717, 1.165) is 12.0 Å². The van der Waals surface area contributed by atoms with E-state index >= 15 is 0 Å². The van der Waals surface area contributed by atoms with Crippen molar-refractivity contribution in [2.75, 3.05) is 6.61 Å². The molecule has 5 rings (SSSR count). The van der Waals surface area contributed by atoms with Crippen LogP contribution in [-0.4, -0.2) is 75.9 Å². The lowest BCUT2D eigenvalue weighted by Gasteiger charge is -2.51. The molecule has 0 aromatic carbocycles. The van der Waals surface area contributed by atoms with Gasteiger partial charge in [0.1, 0.15) is 29.8 Å². The van der Waals surface area contributed by atoms with E-state index in [4.69, 9.17) is 18.9 Å². The number of allylic oxidation sites excluding steroid dienone is 5. The van der Waals surface area contributed by atoms with Gasteiger partial charge in [-0.05, 0) is 63.2 Å². The zero-order valence-electron chi connectivity index (χ0n) is 25.8. The Morgan fingerprint density at radius 3 is 2.62 bits per heavy atom. The van der Waals surface area contributed by atoms with Gasteiger partial charge in [0.05, 0.1) is 24.9 Å². The van der Waals surface area contributed by atoms with Crippen molar-refractivity contribution in [1.82, 2.24) is 0 Å². The quantitative estimate of drug-likeness (QED) is 0.306. The van der Waals surface area contributed by atoms with E-state index in [9.17, 15) is 20.1 Å². The third-order valence-corrected chi connectivity index (χ3v) is 9.97. The highest BCUT2D eigenvalue weighted by Crippen LogP contribution is 2.47. The van der Waals surface area contributed by atoms with E-state index in [1.807, 2.05) is 39.0 Å². The molecule has 3 saturated heterocycles. The maximum Gasteiger partial charge on any atom is 0.316 e. The number of esters is 1. The molecule has 0 radical (unpaired) electrons.